The van der Waals surface area contributed by atoms with E-state index in [1.807, 2.05) is 0 Å². The molecule has 1 heterocycles. The molecule has 0 aliphatic carbocycles. The second-order valence-corrected chi connectivity index (χ2v) is 5.05. The number of halogens is 2. The van der Waals surface area contributed by atoms with E-state index in [1.54, 1.807) is 22.6 Å². The second-order valence-electron chi connectivity index (χ2n) is 3.54. The predicted octanol–water partition coefficient (Wildman–Crippen LogP) is 1.48. The summed E-state index contributed by atoms with van der Waals surface area (Å²) in [5.74, 6) is -1.36. The molecule has 6 nitrogen and oxygen atoms in total. The Bertz CT molecular complexity index is 764. The van der Waals surface area contributed by atoms with Gasteiger partial charge in [-0.1, -0.05) is 11.6 Å². The molecule has 2 aromatic rings. The monoisotopic (exact) mass is 392 g/mol. The van der Waals surface area contributed by atoms with Crippen molar-refractivity contribution in [3.63, 3.8) is 0 Å². The number of H-pyrrole nitrogens is 1. The van der Waals surface area contributed by atoms with Crippen molar-refractivity contribution in [2.75, 3.05) is 0 Å². The number of carboxylic acid groups (broad SMARTS) is 1. The molecule has 0 amide bonds. The molecule has 0 aliphatic rings. The normalized spacial score (nSPS) is 10.4. The first-order valence-corrected chi connectivity index (χ1v) is 6.41. The van der Waals surface area contributed by atoms with Crippen LogP contribution in [0.5, 0.6) is 0 Å². The van der Waals surface area contributed by atoms with Crippen LogP contribution in [-0.4, -0.2) is 20.6 Å². The Morgan fingerprint density at radius 3 is 2.37 bits per heavy atom. The van der Waals surface area contributed by atoms with E-state index in [0.29, 0.717) is 10.7 Å². The number of carbonyl (C=O) groups is 1. The first kappa shape index (κ1) is 13.8. The Kier molecular flexibility index (Phi) is 3.76. The summed E-state index contributed by atoms with van der Waals surface area (Å²) in [6, 6.07) is 6.02. The molecule has 19 heavy (non-hydrogen) atoms. The van der Waals surface area contributed by atoms with E-state index in [4.69, 9.17) is 16.7 Å². The topological polar surface area (TPSA) is 92.2 Å². The average molecular weight is 393 g/mol. The van der Waals surface area contributed by atoms with Crippen LogP contribution in [0.2, 0.25) is 5.02 Å². The molecule has 0 spiro atoms. The molecule has 0 radical (unpaired) electrons. The fourth-order valence-electron chi connectivity index (χ4n) is 1.54. The van der Waals surface area contributed by atoms with Crippen molar-refractivity contribution >= 4 is 40.2 Å². The average Bonchev–Trinajstić information content (AvgIpc) is 2.34. The van der Waals surface area contributed by atoms with Gasteiger partial charge in [0.15, 0.2) is 5.69 Å². The highest BCUT2D eigenvalue weighted by atomic mass is 127. The van der Waals surface area contributed by atoms with Crippen LogP contribution in [0.25, 0.3) is 5.69 Å². The van der Waals surface area contributed by atoms with Gasteiger partial charge in [-0.25, -0.2) is 9.59 Å². The molecular formula is C11H6ClIN2O4. The highest BCUT2D eigenvalue weighted by Gasteiger charge is 2.20. The SMILES string of the molecule is O=C(O)c1c(I)c(=O)[nH]c(=O)n1-c1ccc(Cl)cc1. The van der Waals surface area contributed by atoms with Gasteiger partial charge in [0, 0.05) is 5.02 Å². The first-order chi connectivity index (χ1) is 8.91. The number of aromatic amines is 1. The predicted molar refractivity (Wildman–Crippen MR) is 77.3 cm³/mol. The Morgan fingerprint density at radius 1 is 1.26 bits per heavy atom. The van der Waals surface area contributed by atoms with Crippen LogP contribution < -0.4 is 11.2 Å². The van der Waals surface area contributed by atoms with Crippen molar-refractivity contribution in [3.05, 3.63) is 59.4 Å². The minimum atomic E-state index is -1.36. The second kappa shape index (κ2) is 5.17. The number of nitrogens with zero attached hydrogens (tertiary/aromatic N) is 1. The Hall–Kier alpha value is -1.61. The highest BCUT2D eigenvalue weighted by Crippen LogP contribution is 2.15. The van der Waals surface area contributed by atoms with Crippen LogP contribution in [0.4, 0.5) is 0 Å². The van der Waals surface area contributed by atoms with Crippen LogP contribution in [0.3, 0.4) is 0 Å². The van der Waals surface area contributed by atoms with Gasteiger partial charge in [0.2, 0.25) is 0 Å². The third-order valence-corrected chi connectivity index (χ3v) is 3.59. The standard InChI is InChI=1S/C11H6ClIN2O4/c12-5-1-3-6(4-2-5)15-8(10(17)18)7(13)9(16)14-11(15)19/h1-4H,(H,17,18)(H,14,16,19). The summed E-state index contributed by atoms with van der Waals surface area (Å²) in [5.41, 5.74) is -1.61. The van der Waals surface area contributed by atoms with Gasteiger partial charge in [-0.3, -0.25) is 14.3 Å². The summed E-state index contributed by atoms with van der Waals surface area (Å²) >= 11 is 7.32. The van der Waals surface area contributed by atoms with Crippen molar-refractivity contribution in [1.29, 1.82) is 0 Å². The van der Waals surface area contributed by atoms with Crippen LogP contribution in [0, 0.1) is 3.57 Å². The number of aromatic carboxylic acids is 1. The number of aromatic nitrogens is 2. The molecular weight excluding hydrogens is 386 g/mol. The molecule has 8 heteroatoms. The van der Waals surface area contributed by atoms with Crippen molar-refractivity contribution < 1.29 is 9.90 Å². The molecule has 0 aliphatic heterocycles. The van der Waals surface area contributed by atoms with E-state index < -0.39 is 17.2 Å². The lowest BCUT2D eigenvalue weighted by Crippen LogP contribution is -2.35. The fraction of sp³-hybridized carbons (Fsp3) is 0. The minimum absolute atomic E-state index is 0.0698. The minimum Gasteiger partial charge on any atom is -0.477 e. The summed E-state index contributed by atoms with van der Waals surface area (Å²) in [5, 5.41) is 9.62. The molecule has 98 valence electrons. The van der Waals surface area contributed by atoms with Crippen molar-refractivity contribution in [2.45, 2.75) is 0 Å². The summed E-state index contributed by atoms with van der Waals surface area (Å²) in [7, 11) is 0. The Labute approximate surface area is 124 Å². The number of nitrogens with one attached hydrogen (secondary N) is 1. The molecule has 0 saturated carbocycles. The van der Waals surface area contributed by atoms with Gasteiger partial charge in [0.25, 0.3) is 5.56 Å². The molecule has 1 aromatic heterocycles. The lowest BCUT2D eigenvalue weighted by molar-refractivity contribution is 0.0684. The number of hydrogen-bond acceptors (Lipinski definition) is 3. The van der Waals surface area contributed by atoms with Crippen LogP contribution in [-0.2, 0) is 0 Å². The van der Waals surface area contributed by atoms with Gasteiger partial charge in [-0.15, -0.1) is 0 Å². The van der Waals surface area contributed by atoms with Crippen molar-refractivity contribution in [1.82, 2.24) is 9.55 Å². The molecule has 1 aromatic carbocycles. The maximum Gasteiger partial charge on any atom is 0.354 e. The quantitative estimate of drug-likeness (QED) is 0.757. The van der Waals surface area contributed by atoms with Crippen molar-refractivity contribution in [3.8, 4) is 5.69 Å². The third-order valence-electron chi connectivity index (χ3n) is 2.34. The maximum absolute atomic E-state index is 11.8. The molecule has 0 atom stereocenters. The van der Waals surface area contributed by atoms with E-state index in [9.17, 15) is 14.4 Å². The van der Waals surface area contributed by atoms with E-state index in [-0.39, 0.29) is 9.26 Å². The Morgan fingerprint density at radius 2 is 1.84 bits per heavy atom. The zero-order valence-electron chi connectivity index (χ0n) is 9.18. The van der Waals surface area contributed by atoms with E-state index >= 15 is 0 Å². The van der Waals surface area contributed by atoms with E-state index in [1.165, 1.54) is 24.3 Å². The molecule has 0 unspecified atom stereocenters. The summed E-state index contributed by atoms with van der Waals surface area (Å²) in [6.45, 7) is 0. The van der Waals surface area contributed by atoms with Crippen LogP contribution in [0.1, 0.15) is 10.5 Å². The van der Waals surface area contributed by atoms with Crippen LogP contribution >= 0.6 is 34.2 Å². The zero-order valence-corrected chi connectivity index (χ0v) is 12.1. The van der Waals surface area contributed by atoms with Gasteiger partial charge in [0.1, 0.15) is 3.57 Å². The van der Waals surface area contributed by atoms with Gasteiger partial charge in [0.05, 0.1) is 5.69 Å². The molecule has 0 bridgehead atoms. The molecule has 0 saturated heterocycles. The summed E-state index contributed by atoms with van der Waals surface area (Å²) < 4.78 is 0.849. The number of rotatable bonds is 2. The van der Waals surface area contributed by atoms with Gasteiger partial charge in [-0.2, -0.15) is 0 Å². The zero-order chi connectivity index (χ0) is 14.2. The van der Waals surface area contributed by atoms with Crippen molar-refractivity contribution in [2.24, 2.45) is 0 Å². The third kappa shape index (κ3) is 2.56. The lowest BCUT2D eigenvalue weighted by atomic mass is 10.3. The molecule has 2 rings (SSSR count). The Balaban J connectivity index is 2.87. The van der Waals surface area contributed by atoms with E-state index in [0.717, 1.165) is 4.57 Å². The van der Waals surface area contributed by atoms with E-state index in [2.05, 4.69) is 4.98 Å². The highest BCUT2D eigenvalue weighted by molar-refractivity contribution is 14.1. The summed E-state index contributed by atoms with van der Waals surface area (Å²) in [4.78, 5) is 36.6. The van der Waals surface area contributed by atoms with Gasteiger partial charge >= 0.3 is 11.7 Å². The lowest BCUT2D eigenvalue weighted by Gasteiger charge is -2.10. The summed E-state index contributed by atoms with van der Waals surface area (Å²) in [6.07, 6.45) is 0. The van der Waals surface area contributed by atoms with Crippen LogP contribution in [0.15, 0.2) is 33.9 Å². The fourth-order valence-corrected chi connectivity index (χ4v) is 2.27. The number of carboxylic acids is 1. The molecule has 0 fully saturated rings. The largest absolute Gasteiger partial charge is 0.477 e. The number of benzene rings is 1. The number of hydrogen-bond donors (Lipinski definition) is 2. The van der Waals surface area contributed by atoms with Gasteiger partial charge in [-0.05, 0) is 46.9 Å². The smallest absolute Gasteiger partial charge is 0.354 e. The molecule has 2 N–H and O–H groups in total. The first-order valence-electron chi connectivity index (χ1n) is 4.96. The van der Waals surface area contributed by atoms with Gasteiger partial charge < -0.3 is 5.11 Å². The maximum atomic E-state index is 11.8.